The molecule has 0 atom stereocenters. The van der Waals surface area contributed by atoms with E-state index in [4.69, 9.17) is 0 Å². The van der Waals surface area contributed by atoms with Gasteiger partial charge in [0.15, 0.2) is 19.3 Å². The molecule has 0 aliphatic carbocycles. The molecule has 1 nitrogen and oxygen atoms in total. The van der Waals surface area contributed by atoms with Crippen LogP contribution in [-0.2, 0) is 13.1 Å². The highest BCUT2D eigenvalue weighted by Gasteiger charge is 2.08. The Balaban J connectivity index is 1.86. The molecular weight excluding hydrogens is 266 g/mol. The molecular formula is C21H20N+. The molecule has 0 bridgehead atoms. The Kier molecular flexibility index (Phi) is 4.78. The summed E-state index contributed by atoms with van der Waals surface area (Å²) in [5, 5.41) is 0. The van der Waals surface area contributed by atoms with Gasteiger partial charge in [-0.15, -0.1) is 0 Å². The Morgan fingerprint density at radius 1 is 0.545 bits per heavy atom. The third-order valence-electron chi connectivity index (χ3n) is 3.59. The van der Waals surface area contributed by atoms with Gasteiger partial charge in [0.2, 0.25) is 0 Å². The Morgan fingerprint density at radius 2 is 0.955 bits per heavy atom. The minimum atomic E-state index is 0.907. The van der Waals surface area contributed by atoms with Crippen LogP contribution in [0.5, 0.6) is 0 Å². The van der Waals surface area contributed by atoms with E-state index < -0.39 is 0 Å². The fourth-order valence-corrected chi connectivity index (χ4v) is 2.53. The minimum absolute atomic E-state index is 0.907. The zero-order valence-electron chi connectivity index (χ0n) is 12.6. The zero-order chi connectivity index (χ0) is 15.0. The second-order valence-corrected chi connectivity index (χ2v) is 5.42. The Bertz CT molecular complexity index is 672. The lowest BCUT2D eigenvalue weighted by Crippen LogP contribution is -2.13. The molecule has 0 aliphatic rings. The molecule has 3 aromatic carbocycles. The smallest absolute Gasteiger partial charge is 0.171 e. The summed E-state index contributed by atoms with van der Waals surface area (Å²) in [6.07, 6.45) is 2.24. The van der Waals surface area contributed by atoms with E-state index >= 15 is 0 Å². The van der Waals surface area contributed by atoms with Crippen molar-refractivity contribution in [3.8, 4) is 0 Å². The summed E-state index contributed by atoms with van der Waals surface area (Å²) < 4.78 is 2.36. The Morgan fingerprint density at radius 3 is 1.41 bits per heavy atom. The van der Waals surface area contributed by atoms with E-state index in [1.54, 1.807) is 0 Å². The summed E-state index contributed by atoms with van der Waals surface area (Å²) >= 11 is 0. The standard InChI is InChI=1S/C21H20N/c1-4-10-19(11-5-1)16-22(17-20-12-6-2-7-13-20)18-21-14-8-3-9-15-21/h1-16H,17-18H2/q+1. The second kappa shape index (κ2) is 7.37. The molecule has 0 radical (unpaired) electrons. The predicted octanol–water partition coefficient (Wildman–Crippen LogP) is 4.52. The number of hydrogen-bond donors (Lipinski definition) is 0. The van der Waals surface area contributed by atoms with E-state index in [2.05, 4.69) is 102 Å². The number of rotatable bonds is 5. The summed E-state index contributed by atoms with van der Waals surface area (Å²) in [6.45, 7) is 1.81. The summed E-state index contributed by atoms with van der Waals surface area (Å²) in [6, 6.07) is 31.7. The lowest BCUT2D eigenvalue weighted by atomic mass is 10.1. The van der Waals surface area contributed by atoms with Crippen molar-refractivity contribution in [1.29, 1.82) is 0 Å². The monoisotopic (exact) mass is 286 g/mol. The first kappa shape index (κ1) is 14.3. The molecule has 0 aliphatic heterocycles. The molecule has 0 fully saturated rings. The highest BCUT2D eigenvalue weighted by molar-refractivity contribution is 5.75. The lowest BCUT2D eigenvalue weighted by Gasteiger charge is -2.05. The van der Waals surface area contributed by atoms with Crippen LogP contribution in [0.4, 0.5) is 0 Å². The van der Waals surface area contributed by atoms with Gasteiger partial charge >= 0.3 is 0 Å². The summed E-state index contributed by atoms with van der Waals surface area (Å²) in [7, 11) is 0. The SMILES string of the molecule is C(c1ccccc1)=[N+](Cc1ccccc1)Cc1ccccc1. The van der Waals surface area contributed by atoms with E-state index in [0.717, 1.165) is 13.1 Å². The zero-order valence-corrected chi connectivity index (χ0v) is 12.6. The topological polar surface area (TPSA) is 3.01 Å². The van der Waals surface area contributed by atoms with Crippen molar-refractivity contribution in [2.24, 2.45) is 0 Å². The maximum absolute atomic E-state index is 2.36. The Labute approximate surface area is 132 Å². The molecule has 0 saturated heterocycles. The first-order valence-corrected chi connectivity index (χ1v) is 7.62. The highest BCUT2D eigenvalue weighted by atomic mass is 15.0. The number of benzene rings is 3. The van der Waals surface area contributed by atoms with Crippen LogP contribution in [0.15, 0.2) is 91.0 Å². The molecule has 1 heteroatoms. The summed E-state index contributed by atoms with van der Waals surface area (Å²) in [5.41, 5.74) is 3.88. The van der Waals surface area contributed by atoms with Crippen molar-refractivity contribution in [3.63, 3.8) is 0 Å². The molecule has 0 saturated carbocycles. The van der Waals surface area contributed by atoms with Gasteiger partial charge in [0, 0.05) is 16.7 Å². The van der Waals surface area contributed by atoms with Gasteiger partial charge in [-0.2, -0.15) is 0 Å². The molecule has 22 heavy (non-hydrogen) atoms. The van der Waals surface area contributed by atoms with Crippen LogP contribution < -0.4 is 0 Å². The van der Waals surface area contributed by atoms with Crippen LogP contribution in [0.2, 0.25) is 0 Å². The van der Waals surface area contributed by atoms with Crippen molar-refractivity contribution < 1.29 is 4.58 Å². The van der Waals surface area contributed by atoms with Gasteiger partial charge in [0.1, 0.15) is 0 Å². The van der Waals surface area contributed by atoms with E-state index in [1.165, 1.54) is 16.7 Å². The van der Waals surface area contributed by atoms with Gasteiger partial charge < -0.3 is 0 Å². The quantitative estimate of drug-likeness (QED) is 0.479. The van der Waals surface area contributed by atoms with Crippen LogP contribution in [0.3, 0.4) is 0 Å². The molecule has 0 spiro atoms. The van der Waals surface area contributed by atoms with Crippen molar-refractivity contribution >= 4 is 6.21 Å². The van der Waals surface area contributed by atoms with Crippen molar-refractivity contribution in [2.75, 3.05) is 0 Å². The van der Waals surface area contributed by atoms with Crippen LogP contribution in [0, 0.1) is 0 Å². The molecule has 3 rings (SSSR count). The third kappa shape index (κ3) is 4.16. The van der Waals surface area contributed by atoms with Crippen molar-refractivity contribution in [2.45, 2.75) is 13.1 Å². The van der Waals surface area contributed by atoms with Crippen molar-refractivity contribution in [3.05, 3.63) is 108 Å². The maximum Gasteiger partial charge on any atom is 0.171 e. The van der Waals surface area contributed by atoms with Crippen molar-refractivity contribution in [1.82, 2.24) is 0 Å². The third-order valence-corrected chi connectivity index (χ3v) is 3.59. The molecule has 108 valence electrons. The molecule has 0 unspecified atom stereocenters. The van der Waals surface area contributed by atoms with Gasteiger partial charge in [-0.25, -0.2) is 4.58 Å². The minimum Gasteiger partial charge on any atom is -0.227 e. The van der Waals surface area contributed by atoms with Gasteiger partial charge in [-0.3, -0.25) is 0 Å². The molecule has 0 heterocycles. The van der Waals surface area contributed by atoms with Gasteiger partial charge in [-0.05, 0) is 12.1 Å². The van der Waals surface area contributed by atoms with Crippen LogP contribution in [-0.4, -0.2) is 10.8 Å². The molecule has 0 N–H and O–H groups in total. The van der Waals surface area contributed by atoms with E-state index in [-0.39, 0.29) is 0 Å². The van der Waals surface area contributed by atoms with E-state index in [1.807, 2.05) is 0 Å². The normalized spacial score (nSPS) is 10.2. The summed E-state index contributed by atoms with van der Waals surface area (Å²) in [5.74, 6) is 0. The van der Waals surface area contributed by atoms with Gasteiger partial charge in [0.05, 0.1) is 0 Å². The fourth-order valence-electron chi connectivity index (χ4n) is 2.53. The largest absolute Gasteiger partial charge is 0.227 e. The average molecular weight is 286 g/mol. The second-order valence-electron chi connectivity index (χ2n) is 5.42. The first-order valence-electron chi connectivity index (χ1n) is 7.62. The predicted molar refractivity (Wildman–Crippen MR) is 92.2 cm³/mol. The molecule has 0 amide bonds. The summed E-state index contributed by atoms with van der Waals surface area (Å²) in [4.78, 5) is 0. The van der Waals surface area contributed by atoms with E-state index in [9.17, 15) is 0 Å². The number of hydrogen-bond acceptors (Lipinski definition) is 0. The molecule has 0 aromatic heterocycles. The van der Waals surface area contributed by atoms with Crippen LogP contribution in [0.1, 0.15) is 16.7 Å². The highest BCUT2D eigenvalue weighted by Crippen LogP contribution is 2.07. The molecule has 3 aromatic rings. The van der Waals surface area contributed by atoms with E-state index in [0.29, 0.717) is 0 Å². The Hall–Kier alpha value is -2.67. The number of nitrogens with zero attached hydrogens (tertiary/aromatic N) is 1. The van der Waals surface area contributed by atoms with Crippen LogP contribution >= 0.6 is 0 Å². The van der Waals surface area contributed by atoms with Gasteiger partial charge in [-0.1, -0.05) is 78.9 Å². The van der Waals surface area contributed by atoms with Gasteiger partial charge in [0.25, 0.3) is 0 Å². The fraction of sp³-hybridized carbons (Fsp3) is 0.0952. The average Bonchev–Trinajstić information content (AvgIpc) is 2.57. The van der Waals surface area contributed by atoms with Crippen LogP contribution in [0.25, 0.3) is 0 Å². The lowest BCUT2D eigenvalue weighted by molar-refractivity contribution is -0.555. The first-order chi connectivity index (χ1) is 10.9. The maximum atomic E-state index is 2.36.